The van der Waals surface area contributed by atoms with Gasteiger partial charge in [-0.1, -0.05) is 50.3 Å². The highest BCUT2D eigenvalue weighted by atomic mass is 19.2. The van der Waals surface area contributed by atoms with Crippen molar-refractivity contribution in [2.45, 2.75) is 19.8 Å². The van der Waals surface area contributed by atoms with Crippen molar-refractivity contribution in [3.63, 3.8) is 0 Å². The van der Waals surface area contributed by atoms with Crippen LogP contribution in [0.1, 0.15) is 24.5 Å². The average molecular weight is 296 g/mol. The highest BCUT2D eigenvalue weighted by Gasteiger charge is 2.09. The van der Waals surface area contributed by atoms with E-state index in [9.17, 15) is 17.6 Å². The Balaban J connectivity index is 0.000000211. The van der Waals surface area contributed by atoms with Crippen LogP contribution in [0.2, 0.25) is 0 Å². The van der Waals surface area contributed by atoms with Crippen molar-refractivity contribution in [1.29, 1.82) is 0 Å². The van der Waals surface area contributed by atoms with Gasteiger partial charge in [-0.15, -0.1) is 0 Å². The fourth-order valence-corrected chi connectivity index (χ4v) is 1.63. The van der Waals surface area contributed by atoms with Gasteiger partial charge in [-0.25, -0.2) is 17.6 Å². The van der Waals surface area contributed by atoms with Crippen LogP contribution < -0.4 is 0 Å². The number of halogens is 4. The molecule has 2 rings (SSSR count). The number of rotatable bonds is 3. The van der Waals surface area contributed by atoms with Crippen LogP contribution in [0, 0.1) is 23.3 Å². The highest BCUT2D eigenvalue weighted by molar-refractivity contribution is 5.47. The van der Waals surface area contributed by atoms with Gasteiger partial charge < -0.3 is 0 Å². The third-order valence-electron chi connectivity index (χ3n) is 2.70. The molecule has 0 nitrogen and oxygen atoms in total. The Morgan fingerprint density at radius 3 is 1.90 bits per heavy atom. The van der Waals surface area contributed by atoms with E-state index in [4.69, 9.17) is 0 Å². The molecular formula is C17H16F4. The quantitative estimate of drug-likeness (QED) is 0.397. The van der Waals surface area contributed by atoms with Crippen molar-refractivity contribution >= 4 is 6.08 Å². The van der Waals surface area contributed by atoms with Crippen molar-refractivity contribution in [1.82, 2.24) is 0 Å². The molecule has 0 amide bonds. The molecule has 21 heavy (non-hydrogen) atoms. The predicted molar refractivity (Wildman–Crippen MR) is 76.8 cm³/mol. The lowest BCUT2D eigenvalue weighted by atomic mass is 10.1. The molecule has 4 heteroatoms. The summed E-state index contributed by atoms with van der Waals surface area (Å²) in [5.41, 5.74) is 2.61. The van der Waals surface area contributed by atoms with Crippen molar-refractivity contribution in [3.05, 3.63) is 77.4 Å². The topological polar surface area (TPSA) is 0 Å². The molecule has 0 radical (unpaired) electrons. The zero-order chi connectivity index (χ0) is 15.8. The van der Waals surface area contributed by atoms with Crippen LogP contribution >= 0.6 is 0 Å². The Bertz CT molecular complexity index is 565. The minimum Gasteiger partial charge on any atom is -0.207 e. The second kappa shape index (κ2) is 8.25. The van der Waals surface area contributed by atoms with Gasteiger partial charge in [-0.05, 0) is 17.5 Å². The lowest BCUT2D eigenvalue weighted by Crippen LogP contribution is -1.91. The Hall–Kier alpha value is -2.10. The van der Waals surface area contributed by atoms with Crippen molar-refractivity contribution in [2.24, 2.45) is 0 Å². The van der Waals surface area contributed by atoms with Gasteiger partial charge in [0.15, 0.2) is 17.5 Å². The Morgan fingerprint density at radius 2 is 1.48 bits per heavy atom. The molecule has 0 N–H and O–H groups in total. The van der Waals surface area contributed by atoms with E-state index in [1.807, 2.05) is 6.08 Å². The third-order valence-corrected chi connectivity index (χ3v) is 2.70. The standard InChI is InChI=1S/C11H14.C6H2F4/c1-3-5-11-8-6-10(4-2)7-9-11;7-3-1-4(8)6(10)5(9)2-3/h4,6-9H,2-3,5H2,1H3;1-2H. The summed E-state index contributed by atoms with van der Waals surface area (Å²) in [5, 5.41) is 0. The first kappa shape index (κ1) is 17.0. The minimum atomic E-state index is -1.65. The van der Waals surface area contributed by atoms with Gasteiger partial charge >= 0.3 is 0 Å². The van der Waals surface area contributed by atoms with E-state index in [1.165, 1.54) is 24.0 Å². The molecule has 0 spiro atoms. The number of benzene rings is 2. The summed E-state index contributed by atoms with van der Waals surface area (Å²) in [5.74, 6) is -5.81. The van der Waals surface area contributed by atoms with Gasteiger partial charge in [0, 0.05) is 12.1 Å². The van der Waals surface area contributed by atoms with E-state index < -0.39 is 23.3 Å². The minimum absolute atomic E-state index is 0.276. The van der Waals surface area contributed by atoms with Gasteiger partial charge in [0.05, 0.1) is 0 Å². The van der Waals surface area contributed by atoms with E-state index in [0.717, 1.165) is 0 Å². The maximum Gasteiger partial charge on any atom is 0.194 e. The summed E-state index contributed by atoms with van der Waals surface area (Å²) in [6.45, 7) is 5.90. The van der Waals surface area contributed by atoms with E-state index in [1.54, 1.807) is 0 Å². The first-order valence-electron chi connectivity index (χ1n) is 6.49. The molecule has 0 unspecified atom stereocenters. The zero-order valence-corrected chi connectivity index (χ0v) is 11.7. The molecule has 0 fully saturated rings. The second-order valence-corrected chi connectivity index (χ2v) is 4.38. The van der Waals surface area contributed by atoms with Gasteiger partial charge in [-0.3, -0.25) is 0 Å². The number of aryl methyl sites for hydroxylation is 1. The molecule has 0 saturated heterocycles. The van der Waals surface area contributed by atoms with Gasteiger partial charge in [-0.2, -0.15) is 0 Å². The molecule has 2 aromatic carbocycles. The van der Waals surface area contributed by atoms with Gasteiger partial charge in [0.2, 0.25) is 0 Å². The van der Waals surface area contributed by atoms with Crippen LogP contribution in [0.3, 0.4) is 0 Å². The largest absolute Gasteiger partial charge is 0.207 e. The molecule has 0 atom stereocenters. The Labute approximate surface area is 121 Å². The lowest BCUT2D eigenvalue weighted by Gasteiger charge is -1.97. The Kier molecular flexibility index (Phi) is 6.66. The maximum absolute atomic E-state index is 12.0. The van der Waals surface area contributed by atoms with Gasteiger partial charge in [0.1, 0.15) is 5.82 Å². The van der Waals surface area contributed by atoms with Crippen LogP contribution in [-0.2, 0) is 6.42 Å². The van der Waals surface area contributed by atoms with Crippen molar-refractivity contribution in [3.8, 4) is 0 Å². The smallest absolute Gasteiger partial charge is 0.194 e. The van der Waals surface area contributed by atoms with Crippen LogP contribution in [0.5, 0.6) is 0 Å². The molecule has 2 aromatic rings. The van der Waals surface area contributed by atoms with Crippen molar-refractivity contribution in [2.75, 3.05) is 0 Å². The maximum atomic E-state index is 12.0. The Morgan fingerprint density at radius 1 is 0.952 bits per heavy atom. The molecule has 0 aromatic heterocycles. The summed E-state index contributed by atoms with van der Waals surface area (Å²) in [6.07, 6.45) is 4.26. The average Bonchev–Trinajstić information content (AvgIpc) is 2.46. The van der Waals surface area contributed by atoms with E-state index in [0.29, 0.717) is 0 Å². The van der Waals surface area contributed by atoms with E-state index >= 15 is 0 Å². The van der Waals surface area contributed by atoms with E-state index in [2.05, 4.69) is 37.8 Å². The fourth-order valence-electron chi connectivity index (χ4n) is 1.63. The van der Waals surface area contributed by atoms with E-state index in [-0.39, 0.29) is 12.1 Å². The SMILES string of the molecule is C=Cc1ccc(CCC)cc1.Fc1cc(F)c(F)c(F)c1. The first-order chi connectivity index (χ1) is 9.97. The molecule has 0 bridgehead atoms. The summed E-state index contributed by atoms with van der Waals surface area (Å²) in [6, 6.07) is 9.10. The fraction of sp³-hybridized carbons (Fsp3) is 0.176. The summed E-state index contributed by atoms with van der Waals surface area (Å²) >= 11 is 0. The molecule has 0 saturated carbocycles. The first-order valence-corrected chi connectivity index (χ1v) is 6.49. The van der Waals surface area contributed by atoms with Crippen molar-refractivity contribution < 1.29 is 17.6 Å². The number of hydrogen-bond acceptors (Lipinski definition) is 0. The highest BCUT2D eigenvalue weighted by Crippen LogP contribution is 2.11. The molecule has 0 aliphatic carbocycles. The molecule has 0 aliphatic rings. The normalized spacial score (nSPS) is 9.76. The van der Waals surface area contributed by atoms with Crippen LogP contribution in [0.4, 0.5) is 17.6 Å². The summed E-state index contributed by atoms with van der Waals surface area (Å²) in [7, 11) is 0. The lowest BCUT2D eigenvalue weighted by molar-refractivity contribution is 0.434. The van der Waals surface area contributed by atoms with Crippen LogP contribution in [0.25, 0.3) is 6.08 Å². The molecule has 0 aliphatic heterocycles. The molecule has 112 valence electrons. The summed E-state index contributed by atoms with van der Waals surface area (Å²) in [4.78, 5) is 0. The summed E-state index contributed by atoms with van der Waals surface area (Å²) < 4.78 is 47.9. The predicted octanol–water partition coefficient (Wildman–Crippen LogP) is 5.53. The number of hydrogen-bond donors (Lipinski definition) is 0. The van der Waals surface area contributed by atoms with Gasteiger partial charge in [0.25, 0.3) is 0 Å². The van der Waals surface area contributed by atoms with Crippen LogP contribution in [0.15, 0.2) is 43.0 Å². The van der Waals surface area contributed by atoms with Crippen LogP contribution in [-0.4, -0.2) is 0 Å². The molecule has 0 heterocycles. The molecular weight excluding hydrogens is 280 g/mol. The second-order valence-electron chi connectivity index (χ2n) is 4.38. The monoisotopic (exact) mass is 296 g/mol. The zero-order valence-electron chi connectivity index (χ0n) is 11.7. The third kappa shape index (κ3) is 5.42.